The first-order chi connectivity index (χ1) is 10.6. The maximum absolute atomic E-state index is 12.3. The second-order valence-corrected chi connectivity index (χ2v) is 7.92. The summed E-state index contributed by atoms with van der Waals surface area (Å²) in [5.41, 5.74) is 6.14. The summed E-state index contributed by atoms with van der Waals surface area (Å²) >= 11 is 7.63. The van der Waals surface area contributed by atoms with Crippen molar-refractivity contribution in [3.8, 4) is 0 Å². The third kappa shape index (κ3) is 3.79. The van der Waals surface area contributed by atoms with Crippen LogP contribution in [0.4, 0.5) is 0 Å². The van der Waals surface area contributed by atoms with Crippen LogP contribution in [-0.2, 0) is 4.79 Å². The molecule has 2 bridgehead atoms. The first-order valence-electron chi connectivity index (χ1n) is 8.05. The van der Waals surface area contributed by atoms with Crippen LogP contribution in [0.5, 0.6) is 0 Å². The molecule has 3 rings (SSSR count). The van der Waals surface area contributed by atoms with Crippen molar-refractivity contribution in [1.82, 2.24) is 5.32 Å². The molecule has 1 aromatic carbocycles. The van der Waals surface area contributed by atoms with Gasteiger partial charge in [0.1, 0.15) is 0 Å². The third-order valence-electron chi connectivity index (χ3n) is 4.90. The van der Waals surface area contributed by atoms with Gasteiger partial charge in [0.15, 0.2) is 0 Å². The van der Waals surface area contributed by atoms with E-state index in [1.807, 2.05) is 24.3 Å². The highest BCUT2D eigenvalue weighted by Crippen LogP contribution is 2.39. The van der Waals surface area contributed by atoms with Crippen LogP contribution >= 0.6 is 23.4 Å². The molecule has 1 amide bonds. The molecule has 5 heteroatoms. The Morgan fingerprint density at radius 1 is 1.27 bits per heavy atom. The molecule has 2 atom stereocenters. The topological polar surface area (TPSA) is 55.1 Å². The van der Waals surface area contributed by atoms with Gasteiger partial charge in [-0.2, -0.15) is 0 Å². The number of nitrogens with two attached hydrogens (primary N) is 1. The van der Waals surface area contributed by atoms with Crippen molar-refractivity contribution in [2.75, 3.05) is 5.75 Å². The fraction of sp³-hybridized carbons (Fsp3) is 0.588. The molecule has 0 saturated heterocycles. The summed E-state index contributed by atoms with van der Waals surface area (Å²) < 4.78 is 0. The van der Waals surface area contributed by atoms with Crippen molar-refractivity contribution in [1.29, 1.82) is 0 Å². The lowest BCUT2D eigenvalue weighted by Crippen LogP contribution is -2.54. The number of fused-ring (bicyclic) bond motifs is 2. The summed E-state index contributed by atoms with van der Waals surface area (Å²) in [4.78, 5) is 13.3. The Balaban J connectivity index is 1.54. The molecule has 3 N–H and O–H groups in total. The van der Waals surface area contributed by atoms with Crippen LogP contribution in [0.3, 0.4) is 0 Å². The Hall–Kier alpha value is -0.710. The molecule has 2 aliphatic rings. The van der Waals surface area contributed by atoms with Crippen molar-refractivity contribution < 1.29 is 4.79 Å². The molecule has 0 spiro atoms. The number of benzene rings is 1. The lowest BCUT2D eigenvalue weighted by Gasteiger charge is -2.45. The molecule has 2 aliphatic carbocycles. The molecule has 0 aliphatic heterocycles. The van der Waals surface area contributed by atoms with Crippen LogP contribution < -0.4 is 11.1 Å². The fourth-order valence-electron chi connectivity index (χ4n) is 3.96. The van der Waals surface area contributed by atoms with Gasteiger partial charge in [-0.05, 0) is 49.7 Å². The molecule has 22 heavy (non-hydrogen) atoms. The second kappa shape index (κ2) is 7.24. The number of thioether (sulfide) groups is 1. The van der Waals surface area contributed by atoms with E-state index in [-0.39, 0.29) is 5.91 Å². The van der Waals surface area contributed by atoms with Crippen LogP contribution in [0, 0.1) is 11.8 Å². The van der Waals surface area contributed by atoms with Crippen molar-refractivity contribution in [2.24, 2.45) is 17.6 Å². The number of nitrogens with one attached hydrogen (secondary N) is 1. The van der Waals surface area contributed by atoms with E-state index in [0.717, 1.165) is 17.7 Å². The molecule has 1 aromatic rings. The summed E-state index contributed by atoms with van der Waals surface area (Å²) in [7, 11) is 0. The number of hydrogen-bond donors (Lipinski definition) is 2. The quantitative estimate of drug-likeness (QED) is 0.827. The zero-order valence-corrected chi connectivity index (χ0v) is 14.2. The Labute approximate surface area is 141 Å². The highest BCUT2D eigenvalue weighted by Gasteiger charge is 2.39. The number of amides is 1. The van der Waals surface area contributed by atoms with Crippen molar-refractivity contribution in [3.63, 3.8) is 0 Å². The van der Waals surface area contributed by atoms with E-state index >= 15 is 0 Å². The zero-order chi connectivity index (χ0) is 15.5. The summed E-state index contributed by atoms with van der Waals surface area (Å²) in [6.07, 6.45) is 5.79. The van der Waals surface area contributed by atoms with E-state index in [1.54, 1.807) is 0 Å². The Kier molecular flexibility index (Phi) is 5.32. The van der Waals surface area contributed by atoms with Crippen LogP contribution in [0.15, 0.2) is 29.2 Å². The average molecular weight is 339 g/mol. The largest absolute Gasteiger partial charge is 0.352 e. The Morgan fingerprint density at radius 2 is 1.95 bits per heavy atom. The standard InChI is InChI=1S/C17H23ClN2OS/c18-14-6-1-2-7-15(14)22-10-16(21)20-17-11-4-3-5-12(17)9-13(19)8-11/h1-2,6-7,11-13,17H,3-5,8-10,19H2,(H,20,21). The molecule has 0 aromatic heterocycles. The molecule has 2 saturated carbocycles. The minimum atomic E-state index is 0.113. The number of carbonyl (C=O) groups excluding carboxylic acids is 1. The van der Waals surface area contributed by atoms with Gasteiger partial charge in [0.25, 0.3) is 0 Å². The van der Waals surface area contributed by atoms with Gasteiger partial charge in [-0.15, -0.1) is 11.8 Å². The summed E-state index contributed by atoms with van der Waals surface area (Å²) in [5, 5.41) is 3.98. The predicted molar refractivity (Wildman–Crippen MR) is 92.1 cm³/mol. The van der Waals surface area contributed by atoms with Crippen LogP contribution in [0.1, 0.15) is 32.1 Å². The first kappa shape index (κ1) is 16.2. The van der Waals surface area contributed by atoms with E-state index in [2.05, 4.69) is 5.32 Å². The zero-order valence-electron chi connectivity index (χ0n) is 12.6. The van der Waals surface area contributed by atoms with Gasteiger partial charge in [-0.1, -0.05) is 30.2 Å². The third-order valence-corrected chi connectivity index (χ3v) is 6.41. The molecule has 3 nitrogen and oxygen atoms in total. The highest BCUT2D eigenvalue weighted by molar-refractivity contribution is 8.00. The minimum Gasteiger partial charge on any atom is -0.352 e. The van der Waals surface area contributed by atoms with Crippen molar-refractivity contribution in [3.05, 3.63) is 29.3 Å². The maximum Gasteiger partial charge on any atom is 0.230 e. The molecule has 2 fully saturated rings. The number of halogens is 1. The smallest absolute Gasteiger partial charge is 0.230 e. The lowest BCUT2D eigenvalue weighted by atomic mass is 9.67. The van der Waals surface area contributed by atoms with Crippen molar-refractivity contribution in [2.45, 2.75) is 49.1 Å². The molecule has 0 heterocycles. The van der Waals surface area contributed by atoms with Gasteiger partial charge in [-0.25, -0.2) is 0 Å². The lowest BCUT2D eigenvalue weighted by molar-refractivity contribution is -0.120. The second-order valence-electron chi connectivity index (χ2n) is 6.49. The highest BCUT2D eigenvalue weighted by atomic mass is 35.5. The SMILES string of the molecule is NC1CC2CCCC(C1)C2NC(=O)CSc1ccccc1Cl. The van der Waals surface area contributed by atoms with Gasteiger partial charge in [-0.3, -0.25) is 4.79 Å². The summed E-state index contributed by atoms with van der Waals surface area (Å²) in [6.45, 7) is 0. The summed E-state index contributed by atoms with van der Waals surface area (Å²) in [5.74, 6) is 1.67. The molecular weight excluding hydrogens is 316 g/mol. The Morgan fingerprint density at radius 3 is 2.64 bits per heavy atom. The van der Waals surface area contributed by atoms with Crippen LogP contribution in [0.2, 0.25) is 5.02 Å². The number of rotatable bonds is 4. The average Bonchev–Trinajstić information content (AvgIpc) is 2.47. The van der Waals surface area contributed by atoms with Gasteiger partial charge >= 0.3 is 0 Å². The van der Waals surface area contributed by atoms with E-state index in [4.69, 9.17) is 17.3 Å². The first-order valence-corrected chi connectivity index (χ1v) is 9.42. The van der Waals surface area contributed by atoms with Gasteiger partial charge in [0.05, 0.1) is 10.8 Å². The fourth-order valence-corrected chi connectivity index (χ4v) is 5.01. The van der Waals surface area contributed by atoms with E-state index in [9.17, 15) is 4.79 Å². The van der Waals surface area contributed by atoms with Gasteiger partial charge in [0, 0.05) is 17.0 Å². The van der Waals surface area contributed by atoms with Gasteiger partial charge < -0.3 is 11.1 Å². The van der Waals surface area contributed by atoms with Crippen molar-refractivity contribution >= 4 is 29.3 Å². The molecule has 2 unspecified atom stereocenters. The van der Waals surface area contributed by atoms with Gasteiger partial charge in [0.2, 0.25) is 5.91 Å². The van der Waals surface area contributed by atoms with E-state index < -0.39 is 0 Å². The van der Waals surface area contributed by atoms with E-state index in [0.29, 0.717) is 34.7 Å². The van der Waals surface area contributed by atoms with Crippen LogP contribution in [-0.4, -0.2) is 23.7 Å². The molecular formula is C17H23ClN2OS. The minimum absolute atomic E-state index is 0.113. The predicted octanol–water partition coefficient (Wildman–Crippen LogP) is 3.45. The molecule has 120 valence electrons. The molecule has 0 radical (unpaired) electrons. The Bertz CT molecular complexity index is 525. The monoisotopic (exact) mass is 338 g/mol. The normalized spacial score (nSPS) is 30.8. The van der Waals surface area contributed by atoms with E-state index in [1.165, 1.54) is 31.0 Å². The number of hydrogen-bond acceptors (Lipinski definition) is 3. The number of carbonyl (C=O) groups is 1. The van der Waals surface area contributed by atoms with Crippen LogP contribution in [0.25, 0.3) is 0 Å². The maximum atomic E-state index is 12.3. The summed E-state index contributed by atoms with van der Waals surface area (Å²) in [6, 6.07) is 8.30.